The number of nitrogens with zero attached hydrogens (tertiary/aromatic N) is 1. The first-order valence-corrected chi connectivity index (χ1v) is 7.01. The largest absolute Gasteiger partial charge is 0.380 e. The van der Waals surface area contributed by atoms with Crippen molar-refractivity contribution in [3.05, 3.63) is 0 Å². The van der Waals surface area contributed by atoms with Gasteiger partial charge in [-0.3, -0.25) is 4.99 Å². The van der Waals surface area contributed by atoms with Gasteiger partial charge >= 0.3 is 0 Å². The molecule has 1 rings (SSSR count). The zero-order valence-electron chi connectivity index (χ0n) is 13.2. The average Bonchev–Trinajstić information content (AvgIpc) is 2.40. The van der Waals surface area contributed by atoms with E-state index in [-0.39, 0.29) is 11.0 Å². The SMILES string of the molecule is CCOCCNC(=NC)NC1CC(C)(OC)C1(C)C. The molecule has 0 aliphatic heterocycles. The van der Waals surface area contributed by atoms with Gasteiger partial charge < -0.3 is 20.1 Å². The Morgan fingerprint density at radius 2 is 2.05 bits per heavy atom. The molecule has 0 heterocycles. The summed E-state index contributed by atoms with van der Waals surface area (Å²) < 4.78 is 10.9. The van der Waals surface area contributed by atoms with E-state index in [1.807, 2.05) is 6.92 Å². The molecule has 0 radical (unpaired) electrons. The van der Waals surface area contributed by atoms with E-state index in [4.69, 9.17) is 9.47 Å². The summed E-state index contributed by atoms with van der Waals surface area (Å²) in [7, 11) is 3.57. The van der Waals surface area contributed by atoms with E-state index in [1.165, 1.54) is 0 Å². The Labute approximate surface area is 117 Å². The molecule has 0 aromatic heterocycles. The Hall–Kier alpha value is -0.810. The number of hydrogen-bond acceptors (Lipinski definition) is 3. The van der Waals surface area contributed by atoms with Gasteiger partial charge in [0.05, 0.1) is 12.2 Å². The number of guanidine groups is 1. The molecule has 0 bridgehead atoms. The number of nitrogens with one attached hydrogen (secondary N) is 2. The predicted octanol–water partition coefficient (Wildman–Crippen LogP) is 1.39. The van der Waals surface area contributed by atoms with E-state index in [1.54, 1.807) is 14.2 Å². The second-order valence-electron chi connectivity index (χ2n) is 5.75. The number of aliphatic imine (C=N–C) groups is 1. The summed E-state index contributed by atoms with van der Waals surface area (Å²) in [5.74, 6) is 0.830. The highest BCUT2D eigenvalue weighted by Crippen LogP contribution is 2.51. The van der Waals surface area contributed by atoms with E-state index >= 15 is 0 Å². The van der Waals surface area contributed by atoms with Crippen molar-refractivity contribution in [2.24, 2.45) is 10.4 Å². The maximum absolute atomic E-state index is 5.63. The van der Waals surface area contributed by atoms with Crippen LogP contribution in [-0.4, -0.2) is 51.5 Å². The average molecular weight is 271 g/mol. The highest BCUT2D eigenvalue weighted by atomic mass is 16.5. The van der Waals surface area contributed by atoms with Gasteiger partial charge in [0.25, 0.3) is 0 Å². The van der Waals surface area contributed by atoms with Gasteiger partial charge in [0, 0.05) is 38.8 Å². The quantitative estimate of drug-likeness (QED) is 0.435. The molecule has 5 heteroatoms. The molecule has 2 unspecified atom stereocenters. The second kappa shape index (κ2) is 6.57. The zero-order valence-corrected chi connectivity index (χ0v) is 13.2. The summed E-state index contributed by atoms with van der Waals surface area (Å²) >= 11 is 0. The van der Waals surface area contributed by atoms with Crippen LogP contribution in [0.1, 0.15) is 34.1 Å². The van der Waals surface area contributed by atoms with Gasteiger partial charge in [-0.1, -0.05) is 13.8 Å². The van der Waals surface area contributed by atoms with Crippen LogP contribution in [0.2, 0.25) is 0 Å². The lowest BCUT2D eigenvalue weighted by molar-refractivity contribution is -0.176. The van der Waals surface area contributed by atoms with E-state index in [9.17, 15) is 0 Å². The molecular weight excluding hydrogens is 242 g/mol. The van der Waals surface area contributed by atoms with E-state index < -0.39 is 0 Å². The number of methoxy groups -OCH3 is 1. The van der Waals surface area contributed by atoms with Gasteiger partial charge in [0.1, 0.15) is 0 Å². The third-order valence-electron chi connectivity index (χ3n) is 4.56. The maximum Gasteiger partial charge on any atom is 0.191 e. The summed E-state index contributed by atoms with van der Waals surface area (Å²) in [6.45, 7) is 10.8. The zero-order chi connectivity index (χ0) is 14.5. The van der Waals surface area contributed by atoms with Crippen molar-refractivity contribution in [1.82, 2.24) is 10.6 Å². The summed E-state index contributed by atoms with van der Waals surface area (Å²) in [5.41, 5.74) is 0.0220. The van der Waals surface area contributed by atoms with Crippen LogP contribution < -0.4 is 10.6 Å². The predicted molar refractivity (Wildman–Crippen MR) is 78.6 cm³/mol. The summed E-state index contributed by atoms with van der Waals surface area (Å²) in [4.78, 5) is 4.24. The van der Waals surface area contributed by atoms with E-state index in [0.717, 1.165) is 25.5 Å². The van der Waals surface area contributed by atoms with Gasteiger partial charge in [-0.15, -0.1) is 0 Å². The molecule has 2 atom stereocenters. The summed E-state index contributed by atoms with van der Waals surface area (Å²) in [6.07, 6.45) is 0.989. The first-order chi connectivity index (χ1) is 8.91. The third-order valence-corrected chi connectivity index (χ3v) is 4.56. The van der Waals surface area contributed by atoms with Gasteiger partial charge in [-0.05, 0) is 20.3 Å². The van der Waals surface area contributed by atoms with E-state index in [0.29, 0.717) is 12.6 Å². The fraction of sp³-hybridized carbons (Fsp3) is 0.929. The highest BCUT2D eigenvalue weighted by molar-refractivity contribution is 5.80. The fourth-order valence-electron chi connectivity index (χ4n) is 2.47. The molecule has 0 aromatic rings. The van der Waals surface area contributed by atoms with Crippen LogP contribution in [0.4, 0.5) is 0 Å². The van der Waals surface area contributed by atoms with Gasteiger partial charge in [0.15, 0.2) is 5.96 Å². The Morgan fingerprint density at radius 1 is 1.37 bits per heavy atom. The minimum absolute atomic E-state index is 0.0607. The second-order valence-corrected chi connectivity index (χ2v) is 5.75. The Morgan fingerprint density at radius 3 is 2.53 bits per heavy atom. The van der Waals surface area contributed by atoms with Gasteiger partial charge in [-0.25, -0.2) is 0 Å². The molecule has 112 valence electrons. The van der Waals surface area contributed by atoms with Crippen LogP contribution in [0.3, 0.4) is 0 Å². The van der Waals surface area contributed by atoms with E-state index in [2.05, 4.69) is 36.4 Å². The van der Waals surface area contributed by atoms with Crippen LogP contribution >= 0.6 is 0 Å². The van der Waals surface area contributed by atoms with Crippen molar-refractivity contribution < 1.29 is 9.47 Å². The molecule has 5 nitrogen and oxygen atoms in total. The molecule has 0 spiro atoms. The normalized spacial score (nSPS) is 29.8. The minimum atomic E-state index is -0.0607. The minimum Gasteiger partial charge on any atom is -0.380 e. The molecule has 0 aromatic carbocycles. The lowest BCUT2D eigenvalue weighted by Gasteiger charge is -2.59. The van der Waals surface area contributed by atoms with Gasteiger partial charge in [-0.2, -0.15) is 0 Å². The Balaban J connectivity index is 2.42. The topological polar surface area (TPSA) is 54.9 Å². The van der Waals surface area contributed by atoms with Crippen molar-refractivity contribution in [2.45, 2.75) is 45.8 Å². The molecular formula is C14H29N3O2. The molecule has 0 saturated heterocycles. The molecule has 19 heavy (non-hydrogen) atoms. The van der Waals surface area contributed by atoms with Gasteiger partial charge in [0.2, 0.25) is 0 Å². The summed E-state index contributed by atoms with van der Waals surface area (Å²) in [5, 5.41) is 6.72. The van der Waals surface area contributed by atoms with Crippen LogP contribution in [0.15, 0.2) is 4.99 Å². The van der Waals surface area contributed by atoms with Crippen LogP contribution in [0.25, 0.3) is 0 Å². The molecule has 0 amide bonds. The molecule has 1 saturated carbocycles. The number of rotatable bonds is 6. The molecule has 1 fully saturated rings. The smallest absolute Gasteiger partial charge is 0.191 e. The molecule has 2 N–H and O–H groups in total. The number of hydrogen-bond donors (Lipinski definition) is 2. The molecule has 1 aliphatic rings. The molecule has 1 aliphatic carbocycles. The van der Waals surface area contributed by atoms with Crippen molar-refractivity contribution in [2.75, 3.05) is 33.9 Å². The first-order valence-electron chi connectivity index (χ1n) is 7.01. The lowest BCUT2D eigenvalue weighted by atomic mass is 9.56. The maximum atomic E-state index is 5.63. The van der Waals surface area contributed by atoms with Crippen LogP contribution in [-0.2, 0) is 9.47 Å². The van der Waals surface area contributed by atoms with Crippen molar-refractivity contribution in [3.63, 3.8) is 0 Å². The fourth-order valence-corrected chi connectivity index (χ4v) is 2.47. The van der Waals surface area contributed by atoms with Crippen molar-refractivity contribution in [1.29, 1.82) is 0 Å². The third kappa shape index (κ3) is 3.39. The van der Waals surface area contributed by atoms with Crippen molar-refractivity contribution in [3.8, 4) is 0 Å². The lowest BCUT2D eigenvalue weighted by Crippen LogP contribution is -2.69. The Bertz CT molecular complexity index is 318. The van der Waals surface area contributed by atoms with Crippen molar-refractivity contribution >= 4 is 5.96 Å². The number of ether oxygens (including phenoxy) is 2. The van der Waals surface area contributed by atoms with Crippen LogP contribution in [0.5, 0.6) is 0 Å². The van der Waals surface area contributed by atoms with Crippen LogP contribution in [0, 0.1) is 5.41 Å². The first kappa shape index (κ1) is 16.2. The highest BCUT2D eigenvalue weighted by Gasteiger charge is 2.57. The standard InChI is InChI=1S/C14H29N3O2/c1-7-19-9-8-16-12(15-5)17-11-10-14(4,18-6)13(11,2)3/h11H,7-10H2,1-6H3,(H2,15,16,17). The Kier molecular flexibility index (Phi) is 5.62. The monoisotopic (exact) mass is 271 g/mol. The summed E-state index contributed by atoms with van der Waals surface area (Å²) in [6, 6.07) is 0.371.